The first-order valence-electron chi connectivity index (χ1n) is 6.78. The first kappa shape index (κ1) is 13.9. The molecule has 0 radical (unpaired) electrons. The standard InChI is InChI=1S/C17H15N3O2/c1-22-16-10-12(6-8-15(16)21)11-18-20-17-9-7-13-4-2-3-5-14(13)19-17/h2-11,21H,1H3,(H,19,20)/b18-11+. The zero-order valence-electron chi connectivity index (χ0n) is 12.0. The number of benzene rings is 2. The highest BCUT2D eigenvalue weighted by Crippen LogP contribution is 2.25. The summed E-state index contributed by atoms with van der Waals surface area (Å²) in [7, 11) is 1.51. The van der Waals surface area contributed by atoms with Crippen LogP contribution in [0.5, 0.6) is 11.5 Å². The van der Waals surface area contributed by atoms with Crippen LogP contribution >= 0.6 is 0 Å². The van der Waals surface area contributed by atoms with Crippen molar-refractivity contribution in [3.05, 3.63) is 60.2 Å². The van der Waals surface area contributed by atoms with Crippen LogP contribution in [0.4, 0.5) is 5.82 Å². The van der Waals surface area contributed by atoms with Crippen LogP contribution in [-0.4, -0.2) is 23.4 Å². The fourth-order valence-corrected chi connectivity index (χ4v) is 2.08. The van der Waals surface area contributed by atoms with Crippen LogP contribution in [0, 0.1) is 0 Å². The van der Waals surface area contributed by atoms with E-state index in [1.165, 1.54) is 7.11 Å². The normalized spacial score (nSPS) is 11.0. The summed E-state index contributed by atoms with van der Waals surface area (Å²) in [4.78, 5) is 4.46. The number of fused-ring (bicyclic) bond motifs is 1. The van der Waals surface area contributed by atoms with E-state index in [0.29, 0.717) is 11.6 Å². The number of methoxy groups -OCH3 is 1. The van der Waals surface area contributed by atoms with Crippen molar-refractivity contribution in [2.45, 2.75) is 0 Å². The number of hydrazone groups is 1. The van der Waals surface area contributed by atoms with Crippen molar-refractivity contribution in [3.8, 4) is 11.5 Å². The Morgan fingerprint density at radius 2 is 2.00 bits per heavy atom. The summed E-state index contributed by atoms with van der Waals surface area (Å²) in [5.41, 5.74) is 4.61. The summed E-state index contributed by atoms with van der Waals surface area (Å²) in [5, 5.41) is 14.8. The number of anilines is 1. The Labute approximate surface area is 127 Å². The maximum atomic E-state index is 9.54. The number of hydrogen-bond acceptors (Lipinski definition) is 5. The molecule has 0 saturated heterocycles. The van der Waals surface area contributed by atoms with E-state index in [0.717, 1.165) is 16.5 Å². The molecule has 0 fully saturated rings. The van der Waals surface area contributed by atoms with E-state index in [1.54, 1.807) is 24.4 Å². The van der Waals surface area contributed by atoms with E-state index in [-0.39, 0.29) is 5.75 Å². The van der Waals surface area contributed by atoms with Crippen molar-refractivity contribution in [1.29, 1.82) is 0 Å². The first-order valence-corrected chi connectivity index (χ1v) is 6.78. The average molecular weight is 293 g/mol. The molecule has 22 heavy (non-hydrogen) atoms. The second-order valence-electron chi connectivity index (χ2n) is 4.69. The number of pyridine rings is 1. The fraction of sp³-hybridized carbons (Fsp3) is 0.0588. The summed E-state index contributed by atoms with van der Waals surface area (Å²) in [5.74, 6) is 1.18. The highest BCUT2D eigenvalue weighted by molar-refractivity contribution is 5.82. The maximum Gasteiger partial charge on any atom is 0.161 e. The Morgan fingerprint density at radius 1 is 1.14 bits per heavy atom. The molecule has 0 spiro atoms. The number of rotatable bonds is 4. The molecule has 5 nitrogen and oxygen atoms in total. The molecule has 0 aliphatic carbocycles. The topological polar surface area (TPSA) is 66.7 Å². The number of phenols is 1. The summed E-state index contributed by atoms with van der Waals surface area (Å²) in [6.07, 6.45) is 1.64. The highest BCUT2D eigenvalue weighted by Gasteiger charge is 2.01. The van der Waals surface area contributed by atoms with Gasteiger partial charge in [0, 0.05) is 5.39 Å². The summed E-state index contributed by atoms with van der Waals surface area (Å²) >= 11 is 0. The van der Waals surface area contributed by atoms with Gasteiger partial charge in [0.1, 0.15) is 5.82 Å². The molecule has 2 aromatic carbocycles. The van der Waals surface area contributed by atoms with Crippen molar-refractivity contribution >= 4 is 22.9 Å². The van der Waals surface area contributed by atoms with E-state index in [9.17, 15) is 5.11 Å². The van der Waals surface area contributed by atoms with Crippen molar-refractivity contribution in [2.24, 2.45) is 5.10 Å². The Balaban J connectivity index is 1.75. The van der Waals surface area contributed by atoms with Gasteiger partial charge in [0.05, 0.1) is 18.8 Å². The molecule has 1 heterocycles. The third-order valence-electron chi connectivity index (χ3n) is 3.19. The number of nitrogens with one attached hydrogen (secondary N) is 1. The number of nitrogens with zero attached hydrogens (tertiary/aromatic N) is 2. The van der Waals surface area contributed by atoms with Gasteiger partial charge in [-0.3, -0.25) is 5.43 Å². The molecule has 0 aliphatic rings. The monoisotopic (exact) mass is 293 g/mol. The number of hydrogen-bond donors (Lipinski definition) is 2. The second kappa shape index (κ2) is 6.13. The Hall–Kier alpha value is -3.08. The van der Waals surface area contributed by atoms with Gasteiger partial charge in [-0.25, -0.2) is 4.98 Å². The lowest BCUT2D eigenvalue weighted by Crippen LogP contribution is -1.94. The molecule has 110 valence electrons. The molecule has 1 aromatic heterocycles. The number of ether oxygens (including phenoxy) is 1. The summed E-state index contributed by atoms with van der Waals surface area (Å²) < 4.78 is 5.05. The van der Waals surface area contributed by atoms with Crippen LogP contribution in [-0.2, 0) is 0 Å². The minimum atomic E-state index is 0.101. The van der Waals surface area contributed by atoms with E-state index in [2.05, 4.69) is 15.5 Å². The van der Waals surface area contributed by atoms with Crippen LogP contribution in [0.3, 0.4) is 0 Å². The molecule has 5 heteroatoms. The molecule has 0 amide bonds. The first-order chi connectivity index (χ1) is 10.8. The van der Waals surface area contributed by atoms with Crippen LogP contribution in [0.1, 0.15) is 5.56 Å². The molecule has 3 aromatic rings. The summed E-state index contributed by atoms with van der Waals surface area (Å²) in [6, 6.07) is 16.8. The van der Waals surface area contributed by atoms with Gasteiger partial charge in [-0.15, -0.1) is 0 Å². The number of aromatic nitrogens is 1. The molecule has 0 atom stereocenters. The summed E-state index contributed by atoms with van der Waals surface area (Å²) in [6.45, 7) is 0. The minimum absolute atomic E-state index is 0.101. The van der Waals surface area contributed by atoms with Crippen LogP contribution in [0.25, 0.3) is 10.9 Å². The van der Waals surface area contributed by atoms with Gasteiger partial charge >= 0.3 is 0 Å². The lowest BCUT2D eigenvalue weighted by Gasteiger charge is -2.04. The third kappa shape index (κ3) is 2.98. The Kier molecular flexibility index (Phi) is 3.87. The lowest BCUT2D eigenvalue weighted by molar-refractivity contribution is 0.373. The SMILES string of the molecule is COc1cc(/C=N/Nc2ccc3ccccc3n2)ccc1O. The van der Waals surface area contributed by atoms with Gasteiger partial charge in [-0.1, -0.05) is 18.2 Å². The van der Waals surface area contributed by atoms with E-state index >= 15 is 0 Å². The van der Waals surface area contributed by atoms with E-state index in [1.807, 2.05) is 36.4 Å². The predicted molar refractivity (Wildman–Crippen MR) is 87.6 cm³/mol. The van der Waals surface area contributed by atoms with Gasteiger partial charge in [-0.2, -0.15) is 5.10 Å². The minimum Gasteiger partial charge on any atom is -0.504 e. The molecule has 0 bridgehead atoms. The number of phenolic OH excluding ortho intramolecular Hbond substituents is 1. The fourth-order valence-electron chi connectivity index (χ4n) is 2.08. The van der Waals surface area contributed by atoms with Gasteiger partial charge in [0.15, 0.2) is 11.5 Å². The molecule has 0 saturated carbocycles. The zero-order chi connectivity index (χ0) is 15.4. The van der Waals surface area contributed by atoms with Gasteiger partial charge in [-0.05, 0) is 42.0 Å². The van der Waals surface area contributed by atoms with Crippen LogP contribution in [0.2, 0.25) is 0 Å². The Morgan fingerprint density at radius 3 is 2.86 bits per heavy atom. The smallest absolute Gasteiger partial charge is 0.161 e. The lowest BCUT2D eigenvalue weighted by atomic mass is 10.2. The predicted octanol–water partition coefficient (Wildman–Crippen LogP) is 3.40. The molecule has 0 aliphatic heterocycles. The quantitative estimate of drug-likeness (QED) is 0.571. The van der Waals surface area contributed by atoms with Crippen molar-refractivity contribution in [2.75, 3.05) is 12.5 Å². The van der Waals surface area contributed by atoms with Crippen molar-refractivity contribution < 1.29 is 9.84 Å². The third-order valence-corrected chi connectivity index (χ3v) is 3.19. The zero-order valence-corrected chi connectivity index (χ0v) is 12.0. The van der Waals surface area contributed by atoms with E-state index in [4.69, 9.17) is 4.74 Å². The maximum absolute atomic E-state index is 9.54. The second-order valence-corrected chi connectivity index (χ2v) is 4.69. The van der Waals surface area contributed by atoms with Gasteiger partial charge < -0.3 is 9.84 Å². The van der Waals surface area contributed by atoms with Gasteiger partial charge in [0.25, 0.3) is 0 Å². The molecular weight excluding hydrogens is 278 g/mol. The van der Waals surface area contributed by atoms with Crippen molar-refractivity contribution in [3.63, 3.8) is 0 Å². The molecule has 0 unspecified atom stereocenters. The number of para-hydroxylation sites is 1. The largest absolute Gasteiger partial charge is 0.504 e. The van der Waals surface area contributed by atoms with Crippen molar-refractivity contribution in [1.82, 2.24) is 4.98 Å². The van der Waals surface area contributed by atoms with Crippen LogP contribution < -0.4 is 10.2 Å². The van der Waals surface area contributed by atoms with E-state index < -0.39 is 0 Å². The number of aromatic hydroxyl groups is 1. The average Bonchev–Trinajstić information content (AvgIpc) is 2.56. The highest BCUT2D eigenvalue weighted by atomic mass is 16.5. The molecular formula is C17H15N3O2. The van der Waals surface area contributed by atoms with Crippen LogP contribution in [0.15, 0.2) is 59.7 Å². The molecule has 2 N–H and O–H groups in total. The van der Waals surface area contributed by atoms with Gasteiger partial charge in [0.2, 0.25) is 0 Å². The Bertz CT molecular complexity index is 831. The molecule has 3 rings (SSSR count).